The first-order valence-corrected chi connectivity index (χ1v) is 26.9. The second kappa shape index (κ2) is 23.7. The fourth-order valence-corrected chi connectivity index (χ4v) is 14.8. The molecule has 28 heteroatoms. The van der Waals surface area contributed by atoms with Gasteiger partial charge >= 0.3 is 5.97 Å². The Morgan fingerprint density at radius 1 is 0.500 bits per heavy atom. The summed E-state index contributed by atoms with van der Waals surface area (Å²) in [5, 5.41) is 181. The number of aliphatic hydroxyl groups excluding tert-OH is 17. The Kier molecular flexibility index (Phi) is 18.4. The van der Waals surface area contributed by atoms with E-state index in [1.165, 1.54) is 0 Å². The number of hydrogen-bond acceptors (Lipinski definition) is 28. The zero-order valence-electron chi connectivity index (χ0n) is 43.2. The molecule has 5 aliphatic carbocycles. The Hall–Kier alpha value is -1.83. The lowest BCUT2D eigenvalue weighted by Crippen LogP contribution is -2.68. The zero-order valence-corrected chi connectivity index (χ0v) is 43.2. The number of fused-ring (bicyclic) bond motifs is 3. The molecule has 10 aliphatic rings. The molecule has 0 amide bonds. The molecule has 2 bridgehead atoms. The predicted molar refractivity (Wildman–Crippen MR) is 252 cm³/mol. The standard InChI is InChI=1S/C50H80O28/c1-17-10-50-8-5-25-48(2,6-4-7-49(25,3)47(68)78-45-40(35(64)30(59)23(15-54)73-45)76-43-37(66)33(62)28(57)21(13-52)71-43)26(50)9-18(17)19(11-50)69-46-41(77-44-38(67)34(63)29(58)22(14-53)72-44)39(31(60)24(16-55)74-46)75-42-36(65)32(61)27(56)20(12-51)70-42/h18-46,51-67H,1,4-16H2,2-3H3/t18-,19?,20+,21+,22+,23+,24+,25-,26-,27+,28+,29+,30+,31+,32-,33-,34-,35-,36+,37+,38+,39-,40+,41+,42-,43-,44-,45-,46+,48+,49+,50+/m0/s1. The maximum atomic E-state index is 14.9. The monoisotopic (exact) mass is 1130 g/mol. The smallest absolute Gasteiger partial charge is 0.314 e. The molecule has 5 saturated heterocycles. The van der Waals surface area contributed by atoms with Crippen molar-refractivity contribution < 1.29 is 139 Å². The molecule has 28 nitrogen and oxygen atoms in total. The van der Waals surface area contributed by atoms with E-state index in [4.69, 9.17) is 47.4 Å². The largest absolute Gasteiger partial charge is 0.432 e. The van der Waals surface area contributed by atoms with Crippen molar-refractivity contribution in [1.82, 2.24) is 0 Å². The topological polar surface area (TPSA) is 453 Å². The highest BCUT2D eigenvalue weighted by atomic mass is 16.8. The fraction of sp³-hybridized carbons (Fsp3) is 0.940. The van der Waals surface area contributed by atoms with Crippen molar-refractivity contribution in [3.63, 3.8) is 0 Å². The van der Waals surface area contributed by atoms with E-state index >= 15 is 0 Å². The molecule has 1 unspecified atom stereocenters. The van der Waals surface area contributed by atoms with E-state index in [2.05, 4.69) is 13.5 Å². The Bertz CT molecular complexity index is 2060. The first-order valence-electron chi connectivity index (χ1n) is 26.9. The molecule has 0 aromatic rings. The minimum Gasteiger partial charge on any atom is -0.432 e. The van der Waals surface area contributed by atoms with Crippen molar-refractivity contribution in [2.75, 3.05) is 33.0 Å². The van der Waals surface area contributed by atoms with Crippen LogP contribution in [0.3, 0.4) is 0 Å². The van der Waals surface area contributed by atoms with E-state index in [0.29, 0.717) is 51.4 Å². The van der Waals surface area contributed by atoms with Crippen molar-refractivity contribution in [3.8, 4) is 0 Å². The van der Waals surface area contributed by atoms with Gasteiger partial charge in [0.2, 0.25) is 6.29 Å². The van der Waals surface area contributed by atoms with Crippen LogP contribution in [0.1, 0.15) is 65.2 Å². The van der Waals surface area contributed by atoms with Gasteiger partial charge in [-0.25, -0.2) is 0 Å². The molecule has 0 aromatic heterocycles. The molecule has 0 radical (unpaired) electrons. The van der Waals surface area contributed by atoms with E-state index < -0.39 is 221 Å². The molecule has 32 atom stereocenters. The van der Waals surface area contributed by atoms with Crippen molar-refractivity contribution in [3.05, 3.63) is 12.2 Å². The summed E-state index contributed by atoms with van der Waals surface area (Å²) in [6.07, 6.45) is -40.6. The normalized spacial score (nSPS) is 54.5. The summed E-state index contributed by atoms with van der Waals surface area (Å²) < 4.78 is 60.0. The van der Waals surface area contributed by atoms with Crippen LogP contribution in [0.15, 0.2) is 12.2 Å². The van der Waals surface area contributed by atoms with Gasteiger partial charge in [-0.3, -0.25) is 4.79 Å². The summed E-state index contributed by atoms with van der Waals surface area (Å²) in [6.45, 7) is 4.31. The summed E-state index contributed by atoms with van der Waals surface area (Å²) in [6, 6.07) is 0. The van der Waals surface area contributed by atoms with Gasteiger partial charge in [0.05, 0.1) is 44.6 Å². The lowest BCUT2D eigenvalue weighted by molar-refractivity contribution is -0.398. The lowest BCUT2D eigenvalue weighted by Gasteiger charge is -2.69. The lowest BCUT2D eigenvalue weighted by atomic mass is 9.36. The highest BCUT2D eigenvalue weighted by Gasteiger charge is 2.68. The van der Waals surface area contributed by atoms with Crippen molar-refractivity contribution >= 4 is 5.97 Å². The first kappa shape index (κ1) is 60.8. The summed E-state index contributed by atoms with van der Waals surface area (Å²) in [5.74, 6) is -1.52. The molecule has 10 rings (SSSR count). The van der Waals surface area contributed by atoms with E-state index in [9.17, 15) is 91.6 Å². The van der Waals surface area contributed by atoms with Crippen LogP contribution in [-0.4, -0.2) is 285 Å². The average molecular weight is 1130 g/mol. The van der Waals surface area contributed by atoms with Crippen LogP contribution in [0.4, 0.5) is 0 Å². The van der Waals surface area contributed by atoms with Crippen molar-refractivity contribution in [1.29, 1.82) is 0 Å². The number of ether oxygens (including phenoxy) is 10. The molecular formula is C50H80O28. The van der Waals surface area contributed by atoms with Crippen LogP contribution in [0.5, 0.6) is 0 Å². The average Bonchev–Trinajstić information content (AvgIpc) is 3.61. The summed E-state index contributed by atoms with van der Waals surface area (Å²) in [4.78, 5) is 14.9. The van der Waals surface area contributed by atoms with Crippen LogP contribution < -0.4 is 0 Å². The Balaban J connectivity index is 0.964. The minimum absolute atomic E-state index is 0.0572. The number of carbonyl (C=O) groups is 1. The SMILES string of the molecule is C=C1C[C@@]23CC[C@H]4[C@@](C)(CCC[C@@]4(C)C(=O)O[C@@H]4O[C@H](CO)[C@@H](O)[C@H](O)[C@H]4O[C@@H]4O[C@H](CO)[C@@H](O)[C@H](O)[C@H]4O)[C@@H]2C[C@@H]1C(O[C@@H]1O[C@H](CO)[C@@H](O)[C@H](O[C@@H]2O[C@H](CO)[C@@H](O)[C@H](O)[C@H]2O)[C@H]1O[C@@H]1O[C@H](CO)[C@@H](O)[C@H](O)[C@H]1O)C3. The van der Waals surface area contributed by atoms with Gasteiger partial charge in [0.15, 0.2) is 31.3 Å². The maximum Gasteiger partial charge on any atom is 0.314 e. The van der Waals surface area contributed by atoms with Crippen molar-refractivity contribution in [2.45, 2.75) is 225 Å². The van der Waals surface area contributed by atoms with Crippen LogP contribution in [0, 0.1) is 34.0 Å². The molecular weight excluding hydrogens is 1050 g/mol. The van der Waals surface area contributed by atoms with Crippen molar-refractivity contribution in [2.24, 2.45) is 34.0 Å². The van der Waals surface area contributed by atoms with Gasteiger partial charge in [0.1, 0.15) is 116 Å². The van der Waals surface area contributed by atoms with E-state index in [0.717, 1.165) is 5.57 Å². The third kappa shape index (κ3) is 10.5. The Morgan fingerprint density at radius 3 is 1.44 bits per heavy atom. The fourth-order valence-electron chi connectivity index (χ4n) is 14.8. The predicted octanol–water partition coefficient (Wildman–Crippen LogP) is -7.43. The number of carbonyl (C=O) groups excluding carboxylic acids is 1. The number of aliphatic hydroxyl groups is 17. The second-order valence-electron chi connectivity index (χ2n) is 23.6. The van der Waals surface area contributed by atoms with Crippen LogP contribution in [-0.2, 0) is 52.2 Å². The number of rotatable bonds is 15. The molecule has 78 heavy (non-hydrogen) atoms. The molecule has 10 fully saturated rings. The van der Waals surface area contributed by atoms with Gasteiger partial charge in [-0.1, -0.05) is 25.5 Å². The quantitative estimate of drug-likeness (QED) is 0.0411. The van der Waals surface area contributed by atoms with E-state index in [1.807, 2.05) is 0 Å². The third-order valence-corrected chi connectivity index (χ3v) is 19.1. The van der Waals surface area contributed by atoms with Crippen LogP contribution in [0.2, 0.25) is 0 Å². The third-order valence-electron chi connectivity index (χ3n) is 19.1. The van der Waals surface area contributed by atoms with Crippen LogP contribution in [0.25, 0.3) is 0 Å². The molecule has 17 N–H and O–H groups in total. The number of hydrogen-bond donors (Lipinski definition) is 17. The van der Waals surface area contributed by atoms with Gasteiger partial charge in [-0.05, 0) is 74.5 Å². The van der Waals surface area contributed by atoms with E-state index in [1.54, 1.807) is 6.92 Å². The second-order valence-corrected chi connectivity index (χ2v) is 23.6. The minimum atomic E-state index is -1.98. The molecule has 0 aromatic carbocycles. The van der Waals surface area contributed by atoms with Gasteiger partial charge in [0.25, 0.3) is 0 Å². The summed E-state index contributed by atoms with van der Waals surface area (Å²) in [5.41, 5.74) is -1.40. The molecule has 1 spiro atoms. The molecule has 5 heterocycles. The highest BCUT2D eigenvalue weighted by Crippen LogP contribution is 2.72. The Labute approximate surface area is 448 Å². The van der Waals surface area contributed by atoms with E-state index in [-0.39, 0.29) is 11.8 Å². The molecule has 448 valence electrons. The van der Waals surface area contributed by atoms with Gasteiger partial charge in [-0.15, -0.1) is 0 Å². The van der Waals surface area contributed by atoms with Gasteiger partial charge in [0, 0.05) is 5.92 Å². The zero-order chi connectivity index (χ0) is 56.7. The first-order chi connectivity index (χ1) is 36.9. The highest BCUT2D eigenvalue weighted by molar-refractivity contribution is 5.77. The molecule has 5 aliphatic heterocycles. The number of esters is 1. The van der Waals surface area contributed by atoms with Gasteiger partial charge in [-0.2, -0.15) is 0 Å². The Morgan fingerprint density at radius 2 is 0.936 bits per heavy atom. The summed E-state index contributed by atoms with van der Waals surface area (Å²) >= 11 is 0. The summed E-state index contributed by atoms with van der Waals surface area (Å²) in [7, 11) is 0. The maximum absolute atomic E-state index is 14.9. The molecule has 5 saturated carbocycles. The van der Waals surface area contributed by atoms with Crippen LogP contribution >= 0.6 is 0 Å². The van der Waals surface area contributed by atoms with Gasteiger partial charge < -0.3 is 134 Å².